The minimum absolute atomic E-state index is 0.281. The Bertz CT molecular complexity index is 569. The average Bonchev–Trinajstić information content (AvgIpc) is 2.31. The second-order valence-corrected chi connectivity index (χ2v) is 5.14. The number of hydrogen-bond donors (Lipinski definition) is 1. The minimum Gasteiger partial charge on any atom is -0.385 e. The lowest BCUT2D eigenvalue weighted by Crippen LogP contribution is -2.01. The van der Waals surface area contributed by atoms with E-state index in [1.807, 2.05) is 19.1 Å². The summed E-state index contributed by atoms with van der Waals surface area (Å²) in [5.74, 6) is -0.281. The molecule has 96 valence electrons. The number of nitrogens with zero attached hydrogens (tertiary/aromatic N) is 1. The molecule has 2 rings (SSSR count). The van der Waals surface area contributed by atoms with Gasteiger partial charge < -0.3 is 5.32 Å². The molecule has 0 saturated heterocycles. The van der Waals surface area contributed by atoms with Crippen LogP contribution in [0.3, 0.4) is 0 Å². The van der Waals surface area contributed by atoms with Crippen molar-refractivity contribution >= 4 is 32.5 Å². The zero-order valence-corrected chi connectivity index (χ0v) is 12.1. The molecule has 0 aliphatic heterocycles. The second-order valence-electron chi connectivity index (χ2n) is 4.23. The van der Waals surface area contributed by atoms with E-state index in [0.29, 0.717) is 5.52 Å². The maximum atomic E-state index is 14.0. The number of pyridine rings is 1. The van der Waals surface area contributed by atoms with Crippen molar-refractivity contribution < 1.29 is 4.39 Å². The van der Waals surface area contributed by atoms with Gasteiger partial charge in [0.1, 0.15) is 5.52 Å². The van der Waals surface area contributed by atoms with Crippen LogP contribution in [-0.2, 0) is 6.42 Å². The molecule has 0 amide bonds. The summed E-state index contributed by atoms with van der Waals surface area (Å²) in [7, 11) is 0. The van der Waals surface area contributed by atoms with Gasteiger partial charge >= 0.3 is 0 Å². The topological polar surface area (TPSA) is 24.9 Å². The first-order valence-corrected chi connectivity index (χ1v) is 6.97. The van der Waals surface area contributed by atoms with Crippen molar-refractivity contribution in [1.29, 1.82) is 0 Å². The van der Waals surface area contributed by atoms with E-state index < -0.39 is 0 Å². The van der Waals surface area contributed by atoms with Crippen LogP contribution in [0.25, 0.3) is 10.9 Å². The summed E-state index contributed by atoms with van der Waals surface area (Å²) in [6.07, 6.45) is 1.87. The summed E-state index contributed by atoms with van der Waals surface area (Å²) in [5.41, 5.74) is 2.33. The number of rotatable bonds is 4. The summed E-state index contributed by atoms with van der Waals surface area (Å²) in [6.45, 7) is 4.93. The van der Waals surface area contributed by atoms with Crippen molar-refractivity contribution in [3.8, 4) is 0 Å². The monoisotopic (exact) mass is 310 g/mol. The summed E-state index contributed by atoms with van der Waals surface area (Å²) >= 11 is 3.32. The molecule has 2 nitrogen and oxygen atoms in total. The van der Waals surface area contributed by atoms with Crippen LogP contribution < -0.4 is 5.32 Å². The highest BCUT2D eigenvalue weighted by molar-refractivity contribution is 9.10. The first-order chi connectivity index (χ1) is 8.65. The van der Waals surface area contributed by atoms with Gasteiger partial charge in [0.2, 0.25) is 0 Å². The molecule has 1 heterocycles. The van der Waals surface area contributed by atoms with E-state index in [9.17, 15) is 4.39 Å². The Balaban J connectivity index is 2.68. The Kier molecular flexibility index (Phi) is 4.17. The van der Waals surface area contributed by atoms with Crippen LogP contribution in [0.5, 0.6) is 0 Å². The van der Waals surface area contributed by atoms with Gasteiger partial charge in [-0.15, -0.1) is 0 Å². The highest BCUT2D eigenvalue weighted by atomic mass is 79.9. The van der Waals surface area contributed by atoms with Crippen molar-refractivity contribution in [3.05, 3.63) is 34.2 Å². The lowest BCUT2D eigenvalue weighted by molar-refractivity contribution is 0.635. The summed E-state index contributed by atoms with van der Waals surface area (Å²) < 4.78 is 14.7. The molecule has 1 N–H and O–H groups in total. The van der Waals surface area contributed by atoms with E-state index in [-0.39, 0.29) is 5.82 Å². The molecule has 0 aliphatic rings. The van der Waals surface area contributed by atoms with Gasteiger partial charge in [-0.2, -0.15) is 0 Å². The Morgan fingerprint density at radius 3 is 2.72 bits per heavy atom. The van der Waals surface area contributed by atoms with Crippen molar-refractivity contribution in [3.63, 3.8) is 0 Å². The molecule has 0 atom stereocenters. The third-order valence-electron chi connectivity index (χ3n) is 2.76. The summed E-state index contributed by atoms with van der Waals surface area (Å²) in [4.78, 5) is 4.41. The number of anilines is 1. The van der Waals surface area contributed by atoms with Crippen LogP contribution in [-0.4, -0.2) is 11.5 Å². The smallest absolute Gasteiger partial charge is 0.150 e. The average molecular weight is 311 g/mol. The molecule has 0 unspecified atom stereocenters. The van der Waals surface area contributed by atoms with Crippen LogP contribution in [0.2, 0.25) is 0 Å². The van der Waals surface area contributed by atoms with Crippen molar-refractivity contribution in [2.24, 2.45) is 0 Å². The molecule has 0 fully saturated rings. The molecular formula is C14H16BrFN2. The largest absolute Gasteiger partial charge is 0.385 e. The fourth-order valence-corrected chi connectivity index (χ4v) is 2.46. The molecule has 0 radical (unpaired) electrons. The van der Waals surface area contributed by atoms with Crippen molar-refractivity contribution in [2.75, 3.05) is 11.9 Å². The van der Waals surface area contributed by atoms with Crippen molar-refractivity contribution in [2.45, 2.75) is 26.7 Å². The maximum absolute atomic E-state index is 14.0. The normalized spacial score (nSPS) is 10.9. The predicted molar refractivity (Wildman–Crippen MR) is 77.6 cm³/mol. The predicted octanol–water partition coefficient (Wildman–Crippen LogP) is 4.52. The van der Waals surface area contributed by atoms with Gasteiger partial charge in [-0.3, -0.25) is 0 Å². The van der Waals surface area contributed by atoms with Crippen molar-refractivity contribution in [1.82, 2.24) is 4.98 Å². The van der Waals surface area contributed by atoms with Crippen LogP contribution in [0.4, 0.5) is 10.1 Å². The molecule has 0 bridgehead atoms. The number of aromatic nitrogens is 1. The third kappa shape index (κ3) is 2.64. The lowest BCUT2D eigenvalue weighted by atomic mass is 10.1. The quantitative estimate of drug-likeness (QED) is 0.898. The number of fused-ring (bicyclic) bond motifs is 1. The number of nitrogens with one attached hydrogen (secondary N) is 1. The molecule has 0 saturated carbocycles. The van der Waals surface area contributed by atoms with Gasteiger partial charge in [0.25, 0.3) is 0 Å². The Hall–Kier alpha value is -1.16. The molecule has 4 heteroatoms. The van der Waals surface area contributed by atoms with Gasteiger partial charge in [-0.1, -0.05) is 29.3 Å². The molecule has 1 aromatic heterocycles. The molecule has 0 spiro atoms. The van der Waals surface area contributed by atoms with E-state index >= 15 is 0 Å². The molecular weight excluding hydrogens is 295 g/mol. The standard InChI is InChI=1S/C14H16BrFN2/c1-3-5-10-8-13(17-4-2)11-6-9(15)7-12(16)14(11)18-10/h6-8H,3-5H2,1-2H3,(H,17,18). The second kappa shape index (κ2) is 5.65. The Morgan fingerprint density at radius 2 is 2.06 bits per heavy atom. The van der Waals surface area contributed by atoms with Gasteiger partial charge in [-0.25, -0.2) is 9.37 Å². The highest BCUT2D eigenvalue weighted by Gasteiger charge is 2.10. The number of halogens is 2. The zero-order valence-electron chi connectivity index (χ0n) is 10.6. The molecule has 2 aromatic rings. The maximum Gasteiger partial charge on any atom is 0.150 e. The van der Waals surface area contributed by atoms with Crippen LogP contribution >= 0.6 is 15.9 Å². The Morgan fingerprint density at radius 1 is 1.28 bits per heavy atom. The molecule has 1 aromatic carbocycles. The third-order valence-corrected chi connectivity index (χ3v) is 3.22. The first-order valence-electron chi connectivity index (χ1n) is 6.18. The number of hydrogen-bond acceptors (Lipinski definition) is 2. The van der Waals surface area contributed by atoms with Crippen LogP contribution in [0.15, 0.2) is 22.7 Å². The van der Waals surface area contributed by atoms with E-state index in [2.05, 4.69) is 33.2 Å². The van der Waals surface area contributed by atoms with E-state index in [4.69, 9.17) is 0 Å². The summed E-state index contributed by atoms with van der Waals surface area (Å²) in [6, 6.07) is 5.38. The van der Waals surface area contributed by atoms with Gasteiger partial charge in [0.15, 0.2) is 5.82 Å². The van der Waals surface area contributed by atoms with Gasteiger partial charge in [0.05, 0.1) is 0 Å². The van der Waals surface area contributed by atoms with Crippen LogP contribution in [0.1, 0.15) is 26.0 Å². The molecule has 18 heavy (non-hydrogen) atoms. The minimum atomic E-state index is -0.281. The van der Waals surface area contributed by atoms with Gasteiger partial charge in [0, 0.05) is 27.8 Å². The number of aryl methyl sites for hydroxylation is 1. The van der Waals surface area contributed by atoms with Crippen LogP contribution in [0, 0.1) is 5.82 Å². The first kappa shape index (κ1) is 13.3. The fourth-order valence-electron chi connectivity index (χ4n) is 2.03. The number of benzene rings is 1. The van der Waals surface area contributed by atoms with E-state index in [1.165, 1.54) is 6.07 Å². The highest BCUT2D eigenvalue weighted by Crippen LogP contribution is 2.29. The summed E-state index contributed by atoms with van der Waals surface area (Å²) in [5, 5.41) is 4.10. The zero-order chi connectivity index (χ0) is 13.1. The molecule has 0 aliphatic carbocycles. The SMILES string of the molecule is CCCc1cc(NCC)c2cc(Br)cc(F)c2n1. The van der Waals surface area contributed by atoms with Gasteiger partial charge in [-0.05, 0) is 31.5 Å². The van der Waals surface area contributed by atoms with E-state index in [1.54, 1.807) is 0 Å². The lowest BCUT2D eigenvalue weighted by Gasteiger charge is -2.11. The fraction of sp³-hybridized carbons (Fsp3) is 0.357. The Labute approximate surface area is 115 Å². The van der Waals surface area contributed by atoms with E-state index in [0.717, 1.165) is 40.6 Å².